The zero-order chi connectivity index (χ0) is 15.8. The molecule has 4 atom stereocenters. The topological polar surface area (TPSA) is 76.5 Å². The van der Waals surface area contributed by atoms with Crippen LogP contribution in [0.5, 0.6) is 0 Å². The summed E-state index contributed by atoms with van der Waals surface area (Å²) in [5, 5.41) is 3.14. The molecule has 0 spiro atoms. The van der Waals surface area contributed by atoms with E-state index in [4.69, 9.17) is 4.74 Å². The highest BCUT2D eigenvalue weighted by atomic mass is 16.5. The third-order valence-corrected chi connectivity index (χ3v) is 5.34. The van der Waals surface area contributed by atoms with Gasteiger partial charge in [0, 0.05) is 24.9 Å². The molecule has 2 saturated heterocycles. The van der Waals surface area contributed by atoms with Crippen molar-refractivity contribution in [2.24, 2.45) is 5.92 Å². The molecule has 3 aliphatic rings. The van der Waals surface area contributed by atoms with Crippen molar-refractivity contribution in [3.05, 3.63) is 28.9 Å². The number of nitrogens with one attached hydrogen (secondary N) is 1. The van der Waals surface area contributed by atoms with Crippen molar-refractivity contribution < 1.29 is 9.53 Å². The van der Waals surface area contributed by atoms with Crippen LogP contribution >= 0.6 is 0 Å². The summed E-state index contributed by atoms with van der Waals surface area (Å²) in [6, 6.07) is 2.09. The second kappa shape index (κ2) is 6.05. The van der Waals surface area contributed by atoms with E-state index in [9.17, 15) is 9.59 Å². The van der Waals surface area contributed by atoms with Gasteiger partial charge < -0.3 is 10.1 Å². The molecule has 1 aromatic rings. The van der Waals surface area contributed by atoms with E-state index in [-0.39, 0.29) is 24.6 Å². The van der Waals surface area contributed by atoms with E-state index >= 15 is 0 Å². The molecule has 124 valence electrons. The normalized spacial score (nSPS) is 33.2. The van der Waals surface area contributed by atoms with Gasteiger partial charge in [-0.05, 0) is 38.4 Å². The van der Waals surface area contributed by atoms with Gasteiger partial charge in [0.05, 0.1) is 18.2 Å². The lowest BCUT2D eigenvalue weighted by Crippen LogP contribution is -2.70. The van der Waals surface area contributed by atoms with Gasteiger partial charge in [-0.2, -0.15) is 0 Å². The zero-order valence-corrected chi connectivity index (χ0v) is 13.1. The number of carbonyl (C=O) groups is 1. The van der Waals surface area contributed by atoms with E-state index in [0.29, 0.717) is 12.0 Å². The van der Waals surface area contributed by atoms with Crippen LogP contribution in [-0.2, 0) is 16.1 Å². The predicted octanol–water partition coefficient (Wildman–Crippen LogP) is -0.389. The Balaban J connectivity index is 1.43. The van der Waals surface area contributed by atoms with Crippen molar-refractivity contribution in [3.8, 4) is 0 Å². The molecule has 2 aliphatic heterocycles. The van der Waals surface area contributed by atoms with Crippen LogP contribution in [0.2, 0.25) is 0 Å². The number of hydrogen-bond acceptors (Lipinski definition) is 5. The van der Waals surface area contributed by atoms with E-state index in [2.05, 4.69) is 15.2 Å². The first-order valence-corrected chi connectivity index (χ1v) is 8.40. The number of likely N-dealkylation sites (tertiary alicyclic amines) is 1. The molecule has 1 aliphatic carbocycles. The van der Waals surface area contributed by atoms with Crippen LogP contribution < -0.4 is 11.0 Å². The summed E-state index contributed by atoms with van der Waals surface area (Å²) >= 11 is 0. The Kier molecular flexibility index (Phi) is 3.90. The summed E-state index contributed by atoms with van der Waals surface area (Å²) in [6.45, 7) is 2.99. The average Bonchev–Trinajstić information content (AvgIpc) is 3.18. The maximum atomic E-state index is 12.4. The smallest absolute Gasteiger partial charge is 0.347 e. The first-order valence-electron chi connectivity index (χ1n) is 8.40. The molecule has 3 heterocycles. The molecule has 23 heavy (non-hydrogen) atoms. The number of rotatable bonds is 4. The molecule has 0 unspecified atom stereocenters. The second-order valence-electron chi connectivity index (χ2n) is 6.65. The zero-order valence-electron chi connectivity index (χ0n) is 13.1. The first-order chi connectivity index (χ1) is 11.2. The molecule has 1 saturated carbocycles. The first kappa shape index (κ1) is 14.8. The molecular formula is C16H22N4O3. The number of fused-ring (bicyclic) bond motifs is 1. The third kappa shape index (κ3) is 2.68. The number of carbonyl (C=O) groups excluding carboxylic acids is 1. The van der Waals surface area contributed by atoms with Crippen molar-refractivity contribution in [2.45, 2.75) is 44.0 Å². The number of ether oxygens (including phenoxy) is 1. The quantitative estimate of drug-likeness (QED) is 0.818. The highest BCUT2D eigenvalue weighted by molar-refractivity contribution is 5.76. The predicted molar refractivity (Wildman–Crippen MR) is 82.9 cm³/mol. The number of nitrogens with zero attached hydrogens (tertiary/aromatic N) is 3. The van der Waals surface area contributed by atoms with Crippen molar-refractivity contribution >= 4 is 5.91 Å². The molecule has 3 fully saturated rings. The fourth-order valence-electron chi connectivity index (χ4n) is 4.24. The summed E-state index contributed by atoms with van der Waals surface area (Å²) in [4.78, 5) is 30.1. The third-order valence-electron chi connectivity index (χ3n) is 5.34. The summed E-state index contributed by atoms with van der Waals surface area (Å²) in [7, 11) is 0. The monoisotopic (exact) mass is 318 g/mol. The Hall–Kier alpha value is -1.73. The van der Waals surface area contributed by atoms with Crippen LogP contribution in [0.3, 0.4) is 0 Å². The van der Waals surface area contributed by atoms with Crippen LogP contribution in [-0.4, -0.2) is 58.2 Å². The van der Waals surface area contributed by atoms with E-state index in [1.54, 1.807) is 12.3 Å². The van der Waals surface area contributed by atoms with Crippen LogP contribution in [0.15, 0.2) is 23.3 Å². The molecule has 7 heteroatoms. The lowest BCUT2D eigenvalue weighted by Gasteiger charge is -2.51. The minimum Gasteiger partial charge on any atom is -0.376 e. The molecular weight excluding hydrogens is 296 g/mol. The Labute approximate surface area is 134 Å². The summed E-state index contributed by atoms with van der Waals surface area (Å²) in [5.74, 6) is 0.287. The van der Waals surface area contributed by atoms with E-state index in [1.807, 2.05) is 0 Å². The lowest BCUT2D eigenvalue weighted by atomic mass is 9.70. The Morgan fingerprint density at radius 2 is 2.22 bits per heavy atom. The van der Waals surface area contributed by atoms with Gasteiger partial charge in [-0.3, -0.25) is 14.3 Å². The largest absolute Gasteiger partial charge is 0.376 e. The molecule has 1 aromatic heterocycles. The number of hydrogen-bond donors (Lipinski definition) is 1. The van der Waals surface area contributed by atoms with Crippen molar-refractivity contribution in [1.29, 1.82) is 0 Å². The van der Waals surface area contributed by atoms with Crippen molar-refractivity contribution in [3.63, 3.8) is 0 Å². The molecule has 1 N–H and O–H groups in total. The van der Waals surface area contributed by atoms with Gasteiger partial charge in [-0.25, -0.2) is 9.78 Å². The summed E-state index contributed by atoms with van der Waals surface area (Å²) in [6.07, 6.45) is 6.74. The fourth-order valence-corrected chi connectivity index (χ4v) is 4.24. The van der Waals surface area contributed by atoms with Crippen molar-refractivity contribution in [2.75, 3.05) is 19.7 Å². The van der Waals surface area contributed by atoms with Gasteiger partial charge in [-0.1, -0.05) is 0 Å². The van der Waals surface area contributed by atoms with Gasteiger partial charge >= 0.3 is 5.69 Å². The molecule has 0 bridgehead atoms. The van der Waals surface area contributed by atoms with Crippen LogP contribution in [0.1, 0.15) is 19.3 Å². The van der Waals surface area contributed by atoms with Crippen LogP contribution in [0.25, 0.3) is 0 Å². The minimum absolute atomic E-state index is 0.0220. The van der Waals surface area contributed by atoms with Crippen LogP contribution in [0.4, 0.5) is 0 Å². The van der Waals surface area contributed by atoms with Gasteiger partial charge in [0.1, 0.15) is 6.54 Å². The highest BCUT2D eigenvalue weighted by Crippen LogP contribution is 2.42. The van der Waals surface area contributed by atoms with E-state index < -0.39 is 5.69 Å². The standard InChI is InChI=1S/C16H22N4O3/c21-12(10-20-8-3-5-17-16(20)22)18-13-11-4-9-23-15(11)14(13)19-6-1-2-7-19/h3,5,8,11,13-15H,1-2,4,6-7,9-10H2,(H,18,21)/t11-,13+,14-,15-/m1/s1. The van der Waals surface area contributed by atoms with Gasteiger partial charge in [-0.15, -0.1) is 0 Å². The maximum Gasteiger partial charge on any atom is 0.347 e. The molecule has 0 aromatic carbocycles. The second-order valence-corrected chi connectivity index (χ2v) is 6.65. The Morgan fingerprint density at radius 1 is 1.39 bits per heavy atom. The fraction of sp³-hybridized carbons (Fsp3) is 0.688. The molecule has 0 radical (unpaired) electrons. The molecule has 1 amide bonds. The van der Waals surface area contributed by atoms with Crippen molar-refractivity contribution in [1.82, 2.24) is 19.8 Å². The average molecular weight is 318 g/mol. The van der Waals surface area contributed by atoms with E-state index in [1.165, 1.54) is 23.6 Å². The molecule has 7 nitrogen and oxygen atoms in total. The minimum atomic E-state index is -0.394. The van der Waals surface area contributed by atoms with Gasteiger partial charge in [0.25, 0.3) is 0 Å². The maximum absolute atomic E-state index is 12.4. The number of amides is 1. The summed E-state index contributed by atoms with van der Waals surface area (Å²) in [5.41, 5.74) is -0.394. The van der Waals surface area contributed by atoms with Gasteiger partial charge in [0.15, 0.2) is 0 Å². The molecule has 4 rings (SSSR count). The Bertz CT molecular complexity index is 635. The summed E-state index contributed by atoms with van der Waals surface area (Å²) < 4.78 is 7.20. The lowest BCUT2D eigenvalue weighted by molar-refractivity contribution is -0.129. The Morgan fingerprint density at radius 3 is 3.00 bits per heavy atom. The van der Waals surface area contributed by atoms with Crippen LogP contribution in [0, 0.1) is 5.92 Å². The highest BCUT2D eigenvalue weighted by Gasteiger charge is 2.56. The number of aromatic nitrogens is 2. The van der Waals surface area contributed by atoms with Gasteiger partial charge in [0.2, 0.25) is 5.91 Å². The van der Waals surface area contributed by atoms with E-state index in [0.717, 1.165) is 26.1 Å². The SMILES string of the molecule is O=C(Cn1cccnc1=O)N[C@H]1[C@H]2CCO[C@H]2[C@@H]1N1CCCC1.